The minimum absolute atomic E-state index is 0.237. The van der Waals surface area contributed by atoms with Gasteiger partial charge in [0.15, 0.2) is 11.5 Å². The summed E-state index contributed by atoms with van der Waals surface area (Å²) in [7, 11) is 6.24. The number of nitrogens with zero attached hydrogens (tertiary/aromatic N) is 1. The van der Waals surface area contributed by atoms with E-state index in [1.165, 1.54) is 21.3 Å². The van der Waals surface area contributed by atoms with Crippen LogP contribution in [0.15, 0.2) is 12.1 Å². The summed E-state index contributed by atoms with van der Waals surface area (Å²) in [6, 6.07) is 3.43. The first-order chi connectivity index (χ1) is 12.1. The molecule has 1 aliphatic rings. The van der Waals surface area contributed by atoms with E-state index in [1.54, 1.807) is 19.2 Å². The third-order valence-electron chi connectivity index (χ3n) is 4.39. The van der Waals surface area contributed by atoms with E-state index in [0.29, 0.717) is 36.0 Å². The zero-order valence-corrected chi connectivity index (χ0v) is 15.4. The van der Waals surface area contributed by atoms with Crippen molar-refractivity contribution in [3.8, 4) is 17.2 Å². The maximum absolute atomic E-state index is 12.4. The predicted octanol–water partition coefficient (Wildman–Crippen LogP) is 1.98. The molecule has 0 radical (unpaired) electrons. The average molecular weight is 353 g/mol. The summed E-state index contributed by atoms with van der Waals surface area (Å²) in [5.41, 5.74) is 0.371. The van der Waals surface area contributed by atoms with Crippen LogP contribution in [-0.2, 0) is 9.47 Å². The molecular weight excluding hydrogens is 326 g/mol. The molecule has 25 heavy (non-hydrogen) atoms. The topological polar surface area (TPSA) is 66.5 Å². The first-order valence-electron chi connectivity index (χ1n) is 8.34. The Labute approximate surface area is 148 Å². The van der Waals surface area contributed by atoms with Gasteiger partial charge in [-0.05, 0) is 31.5 Å². The molecule has 2 rings (SSSR count). The molecule has 1 unspecified atom stereocenters. The second-order valence-corrected chi connectivity index (χ2v) is 5.84. The molecule has 1 aliphatic heterocycles. The second kappa shape index (κ2) is 9.48. The normalized spacial score (nSPS) is 17.4. The van der Waals surface area contributed by atoms with Gasteiger partial charge in [-0.1, -0.05) is 0 Å². The van der Waals surface area contributed by atoms with E-state index in [9.17, 15) is 4.79 Å². The van der Waals surface area contributed by atoms with E-state index in [0.717, 1.165) is 25.9 Å². The maximum atomic E-state index is 12.4. The van der Waals surface area contributed by atoms with Gasteiger partial charge in [0.2, 0.25) is 5.75 Å². The van der Waals surface area contributed by atoms with Crippen molar-refractivity contribution in [1.29, 1.82) is 0 Å². The van der Waals surface area contributed by atoms with Crippen molar-refractivity contribution in [1.82, 2.24) is 4.90 Å². The highest BCUT2D eigenvalue weighted by Crippen LogP contribution is 2.38. The summed E-state index contributed by atoms with van der Waals surface area (Å²) in [5.74, 6) is 0.897. The Balaban J connectivity index is 2.03. The number of rotatable bonds is 9. The molecule has 1 atom stereocenters. The smallest absolute Gasteiger partial charge is 0.338 e. The van der Waals surface area contributed by atoms with E-state index >= 15 is 0 Å². The summed E-state index contributed by atoms with van der Waals surface area (Å²) in [6.07, 6.45) is 2.13. The van der Waals surface area contributed by atoms with Gasteiger partial charge in [0, 0.05) is 19.7 Å². The van der Waals surface area contributed by atoms with Crippen molar-refractivity contribution in [2.75, 3.05) is 54.7 Å². The largest absolute Gasteiger partial charge is 0.493 e. The first kappa shape index (κ1) is 19.3. The molecule has 0 bridgehead atoms. The fourth-order valence-electron chi connectivity index (χ4n) is 3.04. The van der Waals surface area contributed by atoms with E-state index < -0.39 is 5.97 Å². The number of ether oxygens (including phenoxy) is 5. The lowest BCUT2D eigenvalue weighted by molar-refractivity contribution is 0.0372. The summed E-state index contributed by atoms with van der Waals surface area (Å²) in [6.45, 7) is 2.90. The Kier molecular flexibility index (Phi) is 7.33. The predicted molar refractivity (Wildman–Crippen MR) is 92.9 cm³/mol. The van der Waals surface area contributed by atoms with Crippen LogP contribution in [0.2, 0.25) is 0 Å². The van der Waals surface area contributed by atoms with E-state index in [1.807, 2.05) is 0 Å². The van der Waals surface area contributed by atoms with E-state index in [-0.39, 0.29) is 6.04 Å². The minimum atomic E-state index is -0.405. The molecule has 0 saturated carbocycles. The summed E-state index contributed by atoms with van der Waals surface area (Å²) >= 11 is 0. The first-order valence-corrected chi connectivity index (χ1v) is 8.34. The van der Waals surface area contributed by atoms with Gasteiger partial charge in [-0.3, -0.25) is 4.90 Å². The molecule has 0 N–H and O–H groups in total. The molecule has 7 heteroatoms. The van der Waals surface area contributed by atoms with Crippen molar-refractivity contribution in [2.45, 2.75) is 18.9 Å². The molecule has 0 amide bonds. The standard InChI is InChI=1S/C18H27NO6/c1-21-9-8-19-7-5-6-14(19)12-25-18(20)13-10-15(22-2)17(24-4)16(11-13)23-3/h10-11,14H,5-9,12H2,1-4H3. The molecule has 140 valence electrons. The molecule has 0 aromatic heterocycles. The minimum Gasteiger partial charge on any atom is -0.493 e. The van der Waals surface area contributed by atoms with Gasteiger partial charge in [-0.25, -0.2) is 4.79 Å². The van der Waals surface area contributed by atoms with E-state index in [4.69, 9.17) is 23.7 Å². The number of carbonyl (C=O) groups is 1. The molecular formula is C18H27NO6. The number of likely N-dealkylation sites (tertiary alicyclic amines) is 1. The van der Waals surface area contributed by atoms with Gasteiger partial charge >= 0.3 is 5.97 Å². The highest BCUT2D eigenvalue weighted by atomic mass is 16.5. The van der Waals surface area contributed by atoms with Gasteiger partial charge in [-0.15, -0.1) is 0 Å². The Hall–Kier alpha value is -1.99. The summed E-state index contributed by atoms with van der Waals surface area (Å²) < 4.78 is 26.5. The zero-order valence-electron chi connectivity index (χ0n) is 15.4. The van der Waals surface area contributed by atoms with Crippen molar-refractivity contribution in [3.05, 3.63) is 17.7 Å². The van der Waals surface area contributed by atoms with Crippen LogP contribution < -0.4 is 14.2 Å². The summed E-state index contributed by atoms with van der Waals surface area (Å²) in [5, 5.41) is 0. The Morgan fingerprint density at radius 3 is 2.36 bits per heavy atom. The molecule has 1 aromatic carbocycles. The lowest BCUT2D eigenvalue weighted by atomic mass is 10.2. The number of methoxy groups -OCH3 is 4. The van der Waals surface area contributed by atoms with Crippen molar-refractivity contribution in [3.63, 3.8) is 0 Å². The number of hydrogen-bond acceptors (Lipinski definition) is 7. The monoisotopic (exact) mass is 353 g/mol. The van der Waals surface area contributed by atoms with Crippen LogP contribution in [0.25, 0.3) is 0 Å². The molecule has 7 nitrogen and oxygen atoms in total. The molecule has 1 aromatic rings. The maximum Gasteiger partial charge on any atom is 0.338 e. The van der Waals surface area contributed by atoms with Crippen LogP contribution in [0.4, 0.5) is 0 Å². The Morgan fingerprint density at radius 2 is 1.80 bits per heavy atom. The van der Waals surface area contributed by atoms with Gasteiger partial charge in [0.1, 0.15) is 6.61 Å². The lowest BCUT2D eigenvalue weighted by Gasteiger charge is -2.23. The third-order valence-corrected chi connectivity index (χ3v) is 4.39. The lowest BCUT2D eigenvalue weighted by Crippen LogP contribution is -2.36. The van der Waals surface area contributed by atoms with Gasteiger partial charge in [0.25, 0.3) is 0 Å². The van der Waals surface area contributed by atoms with Gasteiger partial charge in [-0.2, -0.15) is 0 Å². The quantitative estimate of drug-likeness (QED) is 0.629. The SMILES string of the molecule is COCCN1CCCC1COC(=O)c1cc(OC)c(OC)c(OC)c1. The number of hydrogen-bond donors (Lipinski definition) is 0. The van der Waals surface area contributed by atoms with Crippen molar-refractivity contribution >= 4 is 5.97 Å². The van der Waals surface area contributed by atoms with Crippen LogP contribution in [-0.4, -0.2) is 71.7 Å². The van der Waals surface area contributed by atoms with Gasteiger partial charge in [0.05, 0.1) is 33.5 Å². The zero-order chi connectivity index (χ0) is 18.2. The average Bonchev–Trinajstić information content (AvgIpc) is 3.10. The van der Waals surface area contributed by atoms with Crippen molar-refractivity contribution in [2.24, 2.45) is 0 Å². The van der Waals surface area contributed by atoms with Crippen LogP contribution in [0.5, 0.6) is 17.2 Å². The van der Waals surface area contributed by atoms with E-state index in [2.05, 4.69) is 4.90 Å². The molecule has 1 saturated heterocycles. The molecule has 1 heterocycles. The van der Waals surface area contributed by atoms with Crippen LogP contribution >= 0.6 is 0 Å². The molecule has 0 aliphatic carbocycles. The van der Waals surface area contributed by atoms with Crippen LogP contribution in [0.1, 0.15) is 23.2 Å². The highest BCUT2D eigenvalue weighted by molar-refractivity contribution is 5.91. The third kappa shape index (κ3) is 4.76. The number of carbonyl (C=O) groups excluding carboxylic acids is 1. The fraction of sp³-hybridized carbons (Fsp3) is 0.611. The number of benzene rings is 1. The summed E-state index contributed by atoms with van der Waals surface area (Å²) in [4.78, 5) is 14.7. The second-order valence-electron chi connectivity index (χ2n) is 5.84. The Morgan fingerprint density at radius 1 is 1.12 bits per heavy atom. The fourth-order valence-corrected chi connectivity index (χ4v) is 3.04. The van der Waals surface area contributed by atoms with Crippen molar-refractivity contribution < 1.29 is 28.5 Å². The number of esters is 1. The Bertz CT molecular complexity index is 552. The van der Waals surface area contributed by atoms with Gasteiger partial charge < -0.3 is 23.7 Å². The van der Waals surface area contributed by atoms with Crippen LogP contribution in [0.3, 0.4) is 0 Å². The molecule has 0 spiro atoms. The highest BCUT2D eigenvalue weighted by Gasteiger charge is 2.26. The van der Waals surface area contributed by atoms with Crippen LogP contribution in [0, 0.1) is 0 Å². The molecule has 1 fully saturated rings.